The molecule has 1 aromatic heterocycles. The van der Waals surface area contributed by atoms with E-state index in [1.807, 2.05) is 36.4 Å². The highest BCUT2D eigenvalue weighted by Gasteiger charge is 2.28. The summed E-state index contributed by atoms with van der Waals surface area (Å²) in [5.41, 5.74) is 14.7. The number of halogens is 2. The van der Waals surface area contributed by atoms with E-state index in [4.69, 9.17) is 28.9 Å². The van der Waals surface area contributed by atoms with E-state index in [1.165, 1.54) is 0 Å². The Balaban J connectivity index is 1.73. The molecule has 3 aromatic rings. The third kappa shape index (κ3) is 2.32. The van der Waals surface area contributed by atoms with E-state index < -0.39 is 0 Å². The van der Waals surface area contributed by atoms with E-state index in [0.29, 0.717) is 21.6 Å². The first kappa shape index (κ1) is 14.0. The van der Waals surface area contributed by atoms with Crippen LogP contribution in [0.25, 0.3) is 5.69 Å². The number of nitrogens with two attached hydrogens (primary N) is 1. The fourth-order valence-electron chi connectivity index (χ4n) is 2.43. The summed E-state index contributed by atoms with van der Waals surface area (Å²) < 4.78 is 1.74. The minimum absolute atomic E-state index is 0.393. The molecule has 2 heterocycles. The largest absolute Gasteiger partial charge is 0.380 e. The molecule has 2 aromatic carbocycles. The molecule has 0 aliphatic carbocycles. The molecule has 0 saturated heterocycles. The van der Waals surface area contributed by atoms with Gasteiger partial charge in [0.05, 0.1) is 16.4 Å². The van der Waals surface area contributed by atoms with Crippen LogP contribution in [0.4, 0.5) is 23.0 Å². The van der Waals surface area contributed by atoms with E-state index >= 15 is 0 Å². The Morgan fingerprint density at radius 3 is 2.52 bits per heavy atom. The van der Waals surface area contributed by atoms with Crippen LogP contribution in [0, 0.1) is 0 Å². The average Bonchev–Trinajstić information content (AvgIpc) is 3.09. The highest BCUT2D eigenvalue weighted by molar-refractivity contribution is 6.36. The average molecular weight is 347 g/mol. The SMILES string of the molecule is Nc1nn(-c2ccccc2)c2c1NN(c1ccc(Cl)cc1Cl)N2. The van der Waals surface area contributed by atoms with Gasteiger partial charge in [-0.2, -0.15) is 5.12 Å². The second-order valence-electron chi connectivity index (χ2n) is 5.01. The van der Waals surface area contributed by atoms with Crippen LogP contribution in [0.2, 0.25) is 10.0 Å². The van der Waals surface area contributed by atoms with E-state index in [0.717, 1.165) is 17.2 Å². The summed E-state index contributed by atoms with van der Waals surface area (Å²) in [4.78, 5) is 0. The molecule has 0 fully saturated rings. The lowest BCUT2D eigenvalue weighted by molar-refractivity contribution is 0.880. The van der Waals surface area contributed by atoms with Gasteiger partial charge in [0, 0.05) is 5.02 Å². The van der Waals surface area contributed by atoms with Gasteiger partial charge in [-0.1, -0.05) is 41.4 Å². The van der Waals surface area contributed by atoms with Crippen LogP contribution in [0.5, 0.6) is 0 Å². The molecule has 0 saturated carbocycles. The Labute approximate surface area is 142 Å². The number of fused-ring (bicyclic) bond motifs is 1. The summed E-state index contributed by atoms with van der Waals surface area (Å²) in [6.45, 7) is 0. The van der Waals surface area contributed by atoms with Gasteiger partial charge < -0.3 is 5.73 Å². The van der Waals surface area contributed by atoms with Gasteiger partial charge in [0.2, 0.25) is 0 Å². The minimum atomic E-state index is 0.393. The van der Waals surface area contributed by atoms with Crippen LogP contribution < -0.4 is 21.7 Å². The maximum Gasteiger partial charge on any atom is 0.177 e. The Bertz CT molecular complexity index is 877. The Kier molecular flexibility index (Phi) is 3.21. The zero-order chi connectivity index (χ0) is 16.0. The third-order valence-corrected chi connectivity index (χ3v) is 4.04. The lowest BCUT2D eigenvalue weighted by Gasteiger charge is -2.21. The summed E-state index contributed by atoms with van der Waals surface area (Å²) >= 11 is 12.2. The van der Waals surface area contributed by atoms with E-state index in [9.17, 15) is 0 Å². The number of aromatic nitrogens is 2. The van der Waals surface area contributed by atoms with Crippen LogP contribution in [-0.2, 0) is 0 Å². The van der Waals surface area contributed by atoms with Gasteiger partial charge in [-0.25, -0.2) is 4.68 Å². The van der Waals surface area contributed by atoms with Gasteiger partial charge >= 0.3 is 0 Å². The Hall–Kier alpha value is -2.57. The lowest BCUT2D eigenvalue weighted by Crippen LogP contribution is -2.31. The molecular weight excluding hydrogens is 335 g/mol. The Morgan fingerprint density at radius 1 is 1.00 bits per heavy atom. The molecule has 6 nitrogen and oxygen atoms in total. The highest BCUT2D eigenvalue weighted by Crippen LogP contribution is 2.39. The molecule has 1 aliphatic rings. The zero-order valence-electron chi connectivity index (χ0n) is 11.8. The molecule has 0 spiro atoms. The molecule has 1 aliphatic heterocycles. The quantitative estimate of drug-likeness (QED) is 0.655. The molecule has 4 rings (SSSR count). The minimum Gasteiger partial charge on any atom is -0.380 e. The van der Waals surface area contributed by atoms with Gasteiger partial charge in [-0.15, -0.1) is 5.10 Å². The molecule has 23 heavy (non-hydrogen) atoms. The number of nitrogen functional groups attached to an aromatic ring is 1. The van der Waals surface area contributed by atoms with Gasteiger partial charge in [-0.05, 0) is 30.3 Å². The standard InChI is InChI=1S/C15H12Cl2N6/c16-9-6-7-12(11(17)8-9)23-19-13-14(18)20-22(15(13)21-23)10-4-2-1-3-5-10/h1-8,19,21H,(H2,18,20). The first-order valence-electron chi connectivity index (χ1n) is 6.86. The topological polar surface area (TPSA) is 71.1 Å². The lowest BCUT2D eigenvalue weighted by atomic mass is 10.3. The van der Waals surface area contributed by atoms with Crippen molar-refractivity contribution in [1.29, 1.82) is 0 Å². The van der Waals surface area contributed by atoms with E-state index in [2.05, 4.69) is 16.0 Å². The van der Waals surface area contributed by atoms with Crippen molar-refractivity contribution in [2.75, 3.05) is 21.7 Å². The van der Waals surface area contributed by atoms with Gasteiger partial charge in [-0.3, -0.25) is 10.9 Å². The molecule has 0 atom stereocenters. The van der Waals surface area contributed by atoms with Gasteiger partial charge in [0.15, 0.2) is 11.6 Å². The number of hydrogen-bond acceptors (Lipinski definition) is 5. The third-order valence-electron chi connectivity index (χ3n) is 3.51. The fraction of sp³-hybridized carbons (Fsp3) is 0. The number of benzene rings is 2. The number of anilines is 4. The summed E-state index contributed by atoms with van der Waals surface area (Å²) in [6, 6.07) is 15.0. The van der Waals surface area contributed by atoms with Crippen molar-refractivity contribution in [3.05, 3.63) is 58.6 Å². The van der Waals surface area contributed by atoms with Crippen molar-refractivity contribution in [2.45, 2.75) is 0 Å². The number of hydrazine groups is 2. The van der Waals surface area contributed by atoms with E-state index in [1.54, 1.807) is 21.9 Å². The molecule has 0 bridgehead atoms. The van der Waals surface area contributed by atoms with Crippen molar-refractivity contribution >= 4 is 46.2 Å². The molecule has 4 N–H and O–H groups in total. The van der Waals surface area contributed by atoms with Crippen LogP contribution in [-0.4, -0.2) is 9.78 Å². The van der Waals surface area contributed by atoms with Gasteiger partial charge in [0.1, 0.15) is 5.69 Å². The highest BCUT2D eigenvalue weighted by atomic mass is 35.5. The summed E-state index contributed by atoms with van der Waals surface area (Å²) in [7, 11) is 0. The van der Waals surface area contributed by atoms with Gasteiger partial charge in [0.25, 0.3) is 0 Å². The molecule has 116 valence electrons. The monoisotopic (exact) mass is 346 g/mol. The maximum atomic E-state index is 6.26. The predicted molar refractivity (Wildman–Crippen MR) is 94.2 cm³/mol. The van der Waals surface area contributed by atoms with Crippen molar-refractivity contribution in [1.82, 2.24) is 9.78 Å². The van der Waals surface area contributed by atoms with Crippen LogP contribution >= 0.6 is 23.2 Å². The fourth-order valence-corrected chi connectivity index (χ4v) is 2.93. The zero-order valence-corrected chi connectivity index (χ0v) is 13.3. The number of rotatable bonds is 2. The smallest absolute Gasteiger partial charge is 0.177 e. The summed E-state index contributed by atoms with van der Waals surface area (Å²) in [5, 5.41) is 7.13. The van der Waals surface area contributed by atoms with Crippen LogP contribution in [0.3, 0.4) is 0 Å². The molecule has 0 amide bonds. The van der Waals surface area contributed by atoms with Crippen molar-refractivity contribution in [2.24, 2.45) is 0 Å². The number of nitrogens with zero attached hydrogens (tertiary/aromatic N) is 3. The van der Waals surface area contributed by atoms with Crippen LogP contribution in [0.1, 0.15) is 0 Å². The molecule has 0 radical (unpaired) electrons. The normalized spacial score (nSPS) is 12.7. The number of hydrogen-bond donors (Lipinski definition) is 3. The first-order valence-corrected chi connectivity index (χ1v) is 7.61. The Morgan fingerprint density at radius 2 is 1.78 bits per heavy atom. The second kappa shape index (κ2) is 5.26. The number of para-hydroxylation sites is 1. The number of nitrogens with one attached hydrogen (secondary N) is 2. The summed E-state index contributed by atoms with van der Waals surface area (Å²) in [6.07, 6.45) is 0. The van der Waals surface area contributed by atoms with Crippen LogP contribution in [0.15, 0.2) is 48.5 Å². The first-order chi connectivity index (χ1) is 11.1. The maximum absolute atomic E-state index is 6.26. The molecule has 0 unspecified atom stereocenters. The van der Waals surface area contributed by atoms with Crippen molar-refractivity contribution in [3.8, 4) is 5.69 Å². The predicted octanol–water partition coefficient (Wildman–Crippen LogP) is 3.94. The molecular formula is C15H12Cl2N6. The van der Waals surface area contributed by atoms with E-state index in [-0.39, 0.29) is 0 Å². The van der Waals surface area contributed by atoms with Crippen molar-refractivity contribution < 1.29 is 0 Å². The second-order valence-corrected chi connectivity index (χ2v) is 5.85. The molecule has 8 heteroatoms. The van der Waals surface area contributed by atoms with Crippen molar-refractivity contribution in [3.63, 3.8) is 0 Å². The summed E-state index contributed by atoms with van der Waals surface area (Å²) in [5.74, 6) is 1.13.